The van der Waals surface area contributed by atoms with E-state index in [9.17, 15) is 8.42 Å². The van der Waals surface area contributed by atoms with Crippen LogP contribution in [0.4, 0.5) is 0 Å². The van der Waals surface area contributed by atoms with E-state index in [1.165, 1.54) is 0 Å². The molecule has 0 atom stereocenters. The van der Waals surface area contributed by atoms with Gasteiger partial charge in [0.1, 0.15) is 0 Å². The summed E-state index contributed by atoms with van der Waals surface area (Å²) in [6.45, 7) is 2.55. The Labute approximate surface area is 103 Å². The van der Waals surface area contributed by atoms with Crippen LogP contribution in [-0.2, 0) is 16.4 Å². The lowest BCUT2D eigenvalue weighted by molar-refractivity contribution is 0.299. The second kappa shape index (κ2) is 6.74. The van der Waals surface area contributed by atoms with Gasteiger partial charge in [-0.3, -0.25) is 0 Å². The minimum atomic E-state index is -3.38. The summed E-state index contributed by atoms with van der Waals surface area (Å²) >= 11 is 0. The van der Waals surface area contributed by atoms with Crippen molar-refractivity contribution < 1.29 is 13.5 Å². The molecule has 1 aromatic rings. The molecule has 0 unspecified atom stereocenters. The molecule has 96 valence electrons. The Hall–Kier alpha value is -0.910. The molecular weight excluding hydrogens is 238 g/mol. The van der Waals surface area contributed by atoms with Crippen LogP contribution in [0, 0.1) is 0 Å². The molecule has 0 aliphatic carbocycles. The van der Waals surface area contributed by atoms with Gasteiger partial charge in [-0.2, -0.15) is 0 Å². The van der Waals surface area contributed by atoms with Gasteiger partial charge < -0.3 is 5.11 Å². The molecule has 0 aliphatic rings. The van der Waals surface area contributed by atoms with E-state index in [-0.39, 0.29) is 11.5 Å². The number of hydrogen-bond acceptors (Lipinski definition) is 3. The van der Waals surface area contributed by atoms with Crippen molar-refractivity contribution in [2.24, 2.45) is 0 Å². The van der Waals surface area contributed by atoms with E-state index in [1.807, 2.05) is 6.92 Å². The fourth-order valence-corrected chi connectivity index (χ4v) is 2.51. The fraction of sp³-hybridized carbons (Fsp3) is 0.500. The second-order valence-corrected chi connectivity index (χ2v) is 5.64. The van der Waals surface area contributed by atoms with Gasteiger partial charge in [0.15, 0.2) is 0 Å². The van der Waals surface area contributed by atoms with E-state index >= 15 is 0 Å². The summed E-state index contributed by atoms with van der Waals surface area (Å²) < 4.78 is 26.2. The molecule has 0 saturated carbocycles. The molecule has 0 heterocycles. The predicted octanol–water partition coefficient (Wildman–Crippen LogP) is 1.30. The SMILES string of the molecule is CCCCNS(=O)(=O)c1ccc(CCO)cc1. The van der Waals surface area contributed by atoms with E-state index < -0.39 is 10.0 Å². The molecule has 0 aromatic heterocycles. The summed E-state index contributed by atoms with van der Waals surface area (Å²) in [6, 6.07) is 6.59. The summed E-state index contributed by atoms with van der Waals surface area (Å²) in [5.74, 6) is 0. The van der Waals surface area contributed by atoms with E-state index in [4.69, 9.17) is 5.11 Å². The number of hydrogen-bond donors (Lipinski definition) is 2. The predicted molar refractivity (Wildman–Crippen MR) is 67.3 cm³/mol. The van der Waals surface area contributed by atoms with Crippen molar-refractivity contribution in [1.29, 1.82) is 0 Å². The van der Waals surface area contributed by atoms with Gasteiger partial charge in [0.25, 0.3) is 0 Å². The molecule has 1 aromatic carbocycles. The maximum Gasteiger partial charge on any atom is 0.240 e. The topological polar surface area (TPSA) is 66.4 Å². The van der Waals surface area contributed by atoms with Crippen LogP contribution in [0.5, 0.6) is 0 Å². The Bertz CT molecular complexity index is 426. The molecule has 17 heavy (non-hydrogen) atoms. The first-order valence-corrected chi connectivity index (χ1v) is 7.28. The Morgan fingerprint density at radius 1 is 1.24 bits per heavy atom. The summed E-state index contributed by atoms with van der Waals surface area (Å²) in [4.78, 5) is 0.273. The number of unbranched alkanes of at least 4 members (excludes halogenated alkanes) is 1. The van der Waals surface area contributed by atoms with Crippen molar-refractivity contribution >= 4 is 10.0 Å². The molecule has 0 amide bonds. The third-order valence-electron chi connectivity index (χ3n) is 2.46. The van der Waals surface area contributed by atoms with E-state index in [0.717, 1.165) is 18.4 Å². The summed E-state index contributed by atoms with van der Waals surface area (Å²) in [7, 11) is -3.38. The van der Waals surface area contributed by atoms with Gasteiger partial charge >= 0.3 is 0 Å². The average Bonchev–Trinajstić information content (AvgIpc) is 2.30. The zero-order chi connectivity index (χ0) is 12.7. The van der Waals surface area contributed by atoms with Gasteiger partial charge in [-0.05, 0) is 30.5 Å². The van der Waals surface area contributed by atoms with Gasteiger partial charge in [0.05, 0.1) is 4.90 Å². The quantitative estimate of drug-likeness (QED) is 0.724. The molecule has 1 rings (SSSR count). The van der Waals surface area contributed by atoms with Gasteiger partial charge in [0.2, 0.25) is 10.0 Å². The molecular formula is C12H19NO3S. The Morgan fingerprint density at radius 2 is 1.88 bits per heavy atom. The van der Waals surface area contributed by atoms with Crippen LogP contribution in [-0.4, -0.2) is 26.7 Å². The number of sulfonamides is 1. The van der Waals surface area contributed by atoms with E-state index in [1.54, 1.807) is 24.3 Å². The summed E-state index contributed by atoms with van der Waals surface area (Å²) in [5.41, 5.74) is 0.931. The maximum absolute atomic E-state index is 11.8. The number of benzene rings is 1. The van der Waals surface area contributed by atoms with Crippen molar-refractivity contribution in [3.63, 3.8) is 0 Å². The summed E-state index contributed by atoms with van der Waals surface area (Å²) in [6.07, 6.45) is 2.34. The number of aliphatic hydroxyl groups excluding tert-OH is 1. The molecule has 2 N–H and O–H groups in total. The smallest absolute Gasteiger partial charge is 0.240 e. The lowest BCUT2D eigenvalue weighted by atomic mass is 10.2. The summed E-state index contributed by atoms with van der Waals surface area (Å²) in [5, 5.41) is 8.76. The van der Waals surface area contributed by atoms with Crippen LogP contribution in [0.3, 0.4) is 0 Å². The molecule has 5 heteroatoms. The lowest BCUT2D eigenvalue weighted by Gasteiger charge is -2.06. The number of aliphatic hydroxyl groups is 1. The Balaban J connectivity index is 2.71. The van der Waals surface area contributed by atoms with Crippen molar-refractivity contribution in [2.45, 2.75) is 31.1 Å². The van der Waals surface area contributed by atoms with Crippen LogP contribution < -0.4 is 4.72 Å². The van der Waals surface area contributed by atoms with Crippen molar-refractivity contribution in [2.75, 3.05) is 13.2 Å². The second-order valence-electron chi connectivity index (χ2n) is 3.87. The first-order chi connectivity index (χ1) is 8.10. The van der Waals surface area contributed by atoms with E-state index in [2.05, 4.69) is 4.72 Å². The maximum atomic E-state index is 11.8. The molecule has 0 radical (unpaired) electrons. The number of rotatable bonds is 7. The van der Waals surface area contributed by atoms with Crippen LogP contribution in [0.15, 0.2) is 29.2 Å². The Morgan fingerprint density at radius 3 is 2.41 bits per heavy atom. The van der Waals surface area contributed by atoms with E-state index in [0.29, 0.717) is 13.0 Å². The molecule has 0 spiro atoms. The minimum absolute atomic E-state index is 0.0703. The average molecular weight is 257 g/mol. The first-order valence-electron chi connectivity index (χ1n) is 5.79. The van der Waals surface area contributed by atoms with Crippen LogP contribution in [0.25, 0.3) is 0 Å². The highest BCUT2D eigenvalue weighted by molar-refractivity contribution is 7.89. The van der Waals surface area contributed by atoms with Gasteiger partial charge in [-0.1, -0.05) is 25.5 Å². The van der Waals surface area contributed by atoms with Gasteiger partial charge in [-0.15, -0.1) is 0 Å². The van der Waals surface area contributed by atoms with Crippen molar-refractivity contribution in [3.05, 3.63) is 29.8 Å². The Kier molecular flexibility index (Phi) is 5.61. The van der Waals surface area contributed by atoms with Crippen LogP contribution >= 0.6 is 0 Å². The fourth-order valence-electron chi connectivity index (χ4n) is 1.43. The zero-order valence-electron chi connectivity index (χ0n) is 10.0. The zero-order valence-corrected chi connectivity index (χ0v) is 10.8. The molecule has 4 nitrogen and oxygen atoms in total. The number of nitrogens with one attached hydrogen (secondary N) is 1. The largest absolute Gasteiger partial charge is 0.396 e. The first kappa shape index (κ1) is 14.2. The highest BCUT2D eigenvalue weighted by Crippen LogP contribution is 2.10. The third-order valence-corrected chi connectivity index (χ3v) is 3.93. The van der Waals surface area contributed by atoms with Crippen molar-refractivity contribution in [1.82, 2.24) is 4.72 Å². The van der Waals surface area contributed by atoms with Gasteiger partial charge in [-0.25, -0.2) is 13.1 Å². The monoisotopic (exact) mass is 257 g/mol. The lowest BCUT2D eigenvalue weighted by Crippen LogP contribution is -2.24. The molecule has 0 fully saturated rings. The highest BCUT2D eigenvalue weighted by Gasteiger charge is 2.12. The van der Waals surface area contributed by atoms with Crippen LogP contribution in [0.2, 0.25) is 0 Å². The van der Waals surface area contributed by atoms with Crippen LogP contribution in [0.1, 0.15) is 25.3 Å². The third kappa shape index (κ3) is 4.46. The molecule has 0 saturated heterocycles. The highest BCUT2D eigenvalue weighted by atomic mass is 32.2. The van der Waals surface area contributed by atoms with Gasteiger partial charge in [0, 0.05) is 13.2 Å². The normalized spacial score (nSPS) is 11.6. The van der Waals surface area contributed by atoms with Crippen molar-refractivity contribution in [3.8, 4) is 0 Å². The minimum Gasteiger partial charge on any atom is -0.396 e. The molecule has 0 aliphatic heterocycles. The standard InChI is InChI=1S/C12H19NO3S/c1-2-3-9-13-17(15,16)12-6-4-11(5-7-12)8-10-14/h4-7,13-14H,2-3,8-10H2,1H3. The molecule has 0 bridgehead atoms.